The molecule has 0 unspecified atom stereocenters. The number of anilines is 1. The monoisotopic (exact) mass is 408 g/mol. The summed E-state index contributed by atoms with van der Waals surface area (Å²) in [6.45, 7) is -0.663. The first-order valence-corrected chi connectivity index (χ1v) is 11.3. The molecular weight excluding hydrogens is 392 g/mol. The van der Waals surface area contributed by atoms with Crippen molar-refractivity contribution in [2.24, 2.45) is 0 Å². The highest BCUT2D eigenvalue weighted by molar-refractivity contribution is 7.90. The van der Waals surface area contributed by atoms with Gasteiger partial charge in [-0.2, -0.15) is 0 Å². The van der Waals surface area contributed by atoms with Gasteiger partial charge in [-0.3, -0.25) is 9.59 Å². The van der Waals surface area contributed by atoms with Crippen LogP contribution in [0, 0.1) is 0 Å². The molecule has 0 radical (unpaired) electrons. The Kier molecular flexibility index (Phi) is 4.79. The summed E-state index contributed by atoms with van der Waals surface area (Å²) in [5.74, 6) is -1.82. The Bertz CT molecular complexity index is 1120. The van der Waals surface area contributed by atoms with Gasteiger partial charge < -0.3 is 5.32 Å². The standard InChI is InChI=1S/C17H16N2O6S2/c1-26(22,23)14-8-6-13(7-9-14)18-16(20)10-19-17(21)15-5-3-2-4-12(15)11-27(19,24)25/h2-9H,10-11H2,1H3,(H,18,20). The van der Waals surface area contributed by atoms with Gasteiger partial charge in [0.2, 0.25) is 15.9 Å². The first-order chi connectivity index (χ1) is 12.6. The number of hydrogen-bond acceptors (Lipinski definition) is 6. The van der Waals surface area contributed by atoms with Crippen molar-refractivity contribution >= 4 is 37.4 Å². The molecule has 0 fully saturated rings. The molecular formula is C17H16N2O6S2. The minimum absolute atomic E-state index is 0.0888. The second-order valence-corrected chi connectivity index (χ2v) is 9.98. The molecule has 1 aliphatic heterocycles. The average molecular weight is 408 g/mol. The zero-order chi connectivity index (χ0) is 19.8. The molecule has 3 rings (SSSR count). The van der Waals surface area contributed by atoms with E-state index >= 15 is 0 Å². The van der Waals surface area contributed by atoms with Gasteiger partial charge in [0.15, 0.2) is 9.84 Å². The molecule has 2 aromatic carbocycles. The summed E-state index contributed by atoms with van der Waals surface area (Å²) in [6.07, 6.45) is 1.06. The fourth-order valence-corrected chi connectivity index (χ4v) is 4.77. The van der Waals surface area contributed by atoms with Crippen LogP contribution in [-0.2, 0) is 30.4 Å². The predicted molar refractivity (Wildman–Crippen MR) is 98.3 cm³/mol. The third-order valence-electron chi connectivity index (χ3n) is 4.00. The summed E-state index contributed by atoms with van der Waals surface area (Å²) >= 11 is 0. The lowest BCUT2D eigenvalue weighted by Crippen LogP contribution is -2.45. The van der Waals surface area contributed by atoms with Crippen molar-refractivity contribution < 1.29 is 26.4 Å². The summed E-state index contributed by atoms with van der Waals surface area (Å²) in [6, 6.07) is 11.8. The molecule has 0 aliphatic carbocycles. The first-order valence-electron chi connectivity index (χ1n) is 7.80. The Morgan fingerprint density at radius 2 is 1.74 bits per heavy atom. The molecule has 0 saturated heterocycles. The number of amides is 2. The van der Waals surface area contributed by atoms with Crippen LogP contribution in [0.25, 0.3) is 0 Å². The van der Waals surface area contributed by atoms with Crippen molar-refractivity contribution in [3.8, 4) is 0 Å². The van der Waals surface area contributed by atoms with Crippen LogP contribution in [0.1, 0.15) is 15.9 Å². The van der Waals surface area contributed by atoms with Gasteiger partial charge in [0.25, 0.3) is 5.91 Å². The van der Waals surface area contributed by atoms with E-state index in [0.29, 0.717) is 9.87 Å². The van der Waals surface area contributed by atoms with Crippen LogP contribution in [0.2, 0.25) is 0 Å². The molecule has 1 N–H and O–H groups in total. The Balaban J connectivity index is 1.77. The van der Waals surface area contributed by atoms with E-state index in [0.717, 1.165) is 6.26 Å². The average Bonchev–Trinajstić information content (AvgIpc) is 2.58. The molecule has 10 heteroatoms. The second kappa shape index (κ2) is 6.78. The maximum absolute atomic E-state index is 12.5. The van der Waals surface area contributed by atoms with Gasteiger partial charge in [-0.1, -0.05) is 18.2 Å². The van der Waals surface area contributed by atoms with E-state index < -0.39 is 38.2 Å². The number of carbonyl (C=O) groups excluding carboxylic acids is 2. The normalized spacial score (nSPS) is 15.9. The SMILES string of the molecule is CS(=O)(=O)c1ccc(NC(=O)CN2C(=O)c3ccccc3CS2(=O)=O)cc1. The largest absolute Gasteiger partial charge is 0.325 e. The van der Waals surface area contributed by atoms with Gasteiger partial charge in [-0.05, 0) is 35.9 Å². The lowest BCUT2D eigenvalue weighted by molar-refractivity contribution is -0.116. The summed E-state index contributed by atoms with van der Waals surface area (Å²) in [7, 11) is -7.32. The molecule has 2 aromatic rings. The molecule has 0 atom stereocenters. The van der Waals surface area contributed by atoms with Crippen LogP contribution < -0.4 is 5.32 Å². The quantitative estimate of drug-likeness (QED) is 0.807. The zero-order valence-corrected chi connectivity index (χ0v) is 15.9. The topological polar surface area (TPSA) is 118 Å². The summed E-state index contributed by atoms with van der Waals surface area (Å²) in [5.41, 5.74) is 0.933. The van der Waals surface area contributed by atoms with Gasteiger partial charge in [0, 0.05) is 17.5 Å². The second-order valence-electron chi connectivity index (χ2n) is 6.07. The van der Waals surface area contributed by atoms with Crippen molar-refractivity contribution in [3.63, 3.8) is 0 Å². The number of sulfonamides is 1. The van der Waals surface area contributed by atoms with Crippen molar-refractivity contribution in [2.45, 2.75) is 10.6 Å². The van der Waals surface area contributed by atoms with Crippen LogP contribution in [-0.4, -0.2) is 45.8 Å². The number of hydrogen-bond donors (Lipinski definition) is 1. The molecule has 0 saturated carbocycles. The van der Waals surface area contributed by atoms with Crippen LogP contribution in [0.3, 0.4) is 0 Å². The van der Waals surface area contributed by atoms with E-state index in [9.17, 15) is 26.4 Å². The number of benzene rings is 2. The summed E-state index contributed by atoms with van der Waals surface area (Å²) < 4.78 is 48.1. The van der Waals surface area contributed by atoms with Crippen LogP contribution >= 0.6 is 0 Å². The fraction of sp³-hybridized carbons (Fsp3) is 0.176. The molecule has 8 nitrogen and oxygen atoms in total. The fourth-order valence-electron chi connectivity index (χ4n) is 2.68. The van der Waals surface area contributed by atoms with E-state index in [1.54, 1.807) is 18.2 Å². The minimum atomic E-state index is -3.96. The molecule has 0 bridgehead atoms. The molecule has 1 aliphatic rings. The van der Waals surface area contributed by atoms with Gasteiger partial charge in [0.1, 0.15) is 6.54 Å². The predicted octanol–water partition coefficient (Wildman–Crippen LogP) is 1.01. The first kappa shape index (κ1) is 19.1. The molecule has 27 heavy (non-hydrogen) atoms. The highest BCUT2D eigenvalue weighted by atomic mass is 32.2. The van der Waals surface area contributed by atoms with Crippen LogP contribution in [0.5, 0.6) is 0 Å². The van der Waals surface area contributed by atoms with Gasteiger partial charge in [-0.25, -0.2) is 21.1 Å². The molecule has 0 spiro atoms. The van der Waals surface area contributed by atoms with E-state index in [1.807, 2.05) is 0 Å². The Hall–Kier alpha value is -2.72. The number of sulfone groups is 1. The van der Waals surface area contributed by atoms with Crippen LogP contribution in [0.15, 0.2) is 53.4 Å². The highest BCUT2D eigenvalue weighted by Crippen LogP contribution is 2.24. The minimum Gasteiger partial charge on any atom is -0.325 e. The van der Waals surface area contributed by atoms with Crippen molar-refractivity contribution in [1.82, 2.24) is 4.31 Å². The number of fused-ring (bicyclic) bond motifs is 1. The lowest BCUT2D eigenvalue weighted by Gasteiger charge is -2.27. The highest BCUT2D eigenvalue weighted by Gasteiger charge is 2.36. The third kappa shape index (κ3) is 4.01. The number of rotatable bonds is 4. The number of nitrogens with one attached hydrogen (secondary N) is 1. The zero-order valence-electron chi connectivity index (χ0n) is 14.2. The Morgan fingerprint density at radius 3 is 2.37 bits per heavy atom. The summed E-state index contributed by atoms with van der Waals surface area (Å²) in [4.78, 5) is 24.8. The lowest BCUT2D eigenvalue weighted by atomic mass is 10.1. The smallest absolute Gasteiger partial charge is 0.268 e. The number of carbonyl (C=O) groups is 2. The maximum atomic E-state index is 12.5. The molecule has 2 amide bonds. The number of nitrogens with zero attached hydrogens (tertiary/aromatic N) is 1. The molecule has 0 aromatic heterocycles. The van der Waals surface area contributed by atoms with Crippen molar-refractivity contribution in [1.29, 1.82) is 0 Å². The molecule has 1 heterocycles. The van der Waals surface area contributed by atoms with E-state index in [1.165, 1.54) is 30.3 Å². The van der Waals surface area contributed by atoms with E-state index in [-0.39, 0.29) is 21.9 Å². The van der Waals surface area contributed by atoms with Gasteiger partial charge in [0.05, 0.1) is 10.6 Å². The maximum Gasteiger partial charge on any atom is 0.268 e. The third-order valence-corrected chi connectivity index (χ3v) is 6.77. The molecule has 142 valence electrons. The van der Waals surface area contributed by atoms with Gasteiger partial charge in [-0.15, -0.1) is 0 Å². The Morgan fingerprint density at radius 1 is 1.11 bits per heavy atom. The van der Waals surface area contributed by atoms with Crippen LogP contribution in [0.4, 0.5) is 5.69 Å². The Labute approximate surface area is 156 Å². The van der Waals surface area contributed by atoms with E-state index in [4.69, 9.17) is 0 Å². The van der Waals surface area contributed by atoms with Crippen molar-refractivity contribution in [2.75, 3.05) is 18.1 Å². The van der Waals surface area contributed by atoms with E-state index in [2.05, 4.69) is 5.32 Å². The summed E-state index contributed by atoms with van der Waals surface area (Å²) in [5, 5.41) is 2.46. The van der Waals surface area contributed by atoms with Crippen molar-refractivity contribution in [3.05, 3.63) is 59.7 Å². The van der Waals surface area contributed by atoms with Gasteiger partial charge >= 0.3 is 0 Å².